The van der Waals surface area contributed by atoms with E-state index < -0.39 is 0 Å². The maximum absolute atomic E-state index is 9.59. The molecule has 0 spiro atoms. The molecule has 3 heteroatoms. The third-order valence-corrected chi connectivity index (χ3v) is 5.21. The van der Waals surface area contributed by atoms with Gasteiger partial charge in [-0.25, -0.2) is 0 Å². The summed E-state index contributed by atoms with van der Waals surface area (Å²) >= 11 is 0. The van der Waals surface area contributed by atoms with Crippen molar-refractivity contribution < 1.29 is 0 Å². The third kappa shape index (κ3) is 1.31. The van der Waals surface area contributed by atoms with Gasteiger partial charge < -0.3 is 4.90 Å². The van der Waals surface area contributed by atoms with Crippen LogP contribution in [0.15, 0.2) is 48.5 Å². The van der Waals surface area contributed by atoms with Gasteiger partial charge in [-0.3, -0.25) is 5.32 Å². The molecule has 2 aromatic carbocycles. The van der Waals surface area contributed by atoms with Crippen molar-refractivity contribution in [2.24, 2.45) is 5.92 Å². The number of nitrogens with zero attached hydrogens (tertiary/aromatic N) is 2. The Kier molecular flexibility index (Phi) is 2.09. The molecule has 1 saturated heterocycles. The van der Waals surface area contributed by atoms with Gasteiger partial charge in [-0.05, 0) is 22.8 Å². The van der Waals surface area contributed by atoms with Crippen molar-refractivity contribution >= 4 is 5.69 Å². The van der Waals surface area contributed by atoms with E-state index in [1.165, 1.54) is 22.4 Å². The van der Waals surface area contributed by atoms with Gasteiger partial charge in [-0.15, -0.1) is 0 Å². The van der Waals surface area contributed by atoms with Crippen LogP contribution in [0.25, 0.3) is 0 Å². The number of nitriles is 1. The Hall–Kier alpha value is -2.31. The molecule has 3 nitrogen and oxygen atoms in total. The van der Waals surface area contributed by atoms with E-state index in [1.807, 2.05) is 0 Å². The van der Waals surface area contributed by atoms with Crippen molar-refractivity contribution in [1.29, 1.82) is 5.26 Å². The van der Waals surface area contributed by atoms with Gasteiger partial charge in [-0.1, -0.05) is 42.5 Å². The number of para-hydroxylation sites is 1. The summed E-state index contributed by atoms with van der Waals surface area (Å²) in [5.74, 6) is 0.378. The van der Waals surface area contributed by atoms with Crippen LogP contribution in [0.1, 0.15) is 28.7 Å². The van der Waals surface area contributed by atoms with Crippen LogP contribution < -0.4 is 10.2 Å². The molecule has 1 N–H and O–H groups in total. The maximum Gasteiger partial charge on any atom is 0.0912 e. The van der Waals surface area contributed by atoms with E-state index in [2.05, 4.69) is 64.8 Å². The highest BCUT2D eigenvalue weighted by Crippen LogP contribution is 2.52. The summed E-state index contributed by atoms with van der Waals surface area (Å²) in [7, 11) is 0. The van der Waals surface area contributed by atoms with E-state index in [4.69, 9.17) is 0 Å². The summed E-state index contributed by atoms with van der Waals surface area (Å²) in [6.07, 6.45) is 0.298. The van der Waals surface area contributed by atoms with E-state index in [1.54, 1.807) is 0 Å². The molecule has 2 bridgehead atoms. The zero-order valence-corrected chi connectivity index (χ0v) is 11.5. The molecule has 0 aliphatic carbocycles. The van der Waals surface area contributed by atoms with Crippen molar-refractivity contribution in [3.63, 3.8) is 0 Å². The molecule has 2 aromatic rings. The molecule has 3 heterocycles. The van der Waals surface area contributed by atoms with Crippen molar-refractivity contribution in [2.75, 3.05) is 11.4 Å². The van der Waals surface area contributed by atoms with Gasteiger partial charge >= 0.3 is 0 Å². The summed E-state index contributed by atoms with van der Waals surface area (Å²) in [4.78, 5) is 2.39. The van der Waals surface area contributed by atoms with Gasteiger partial charge in [0.05, 0.1) is 24.2 Å². The highest BCUT2D eigenvalue weighted by atomic mass is 15.3. The minimum Gasteiger partial charge on any atom is -0.353 e. The summed E-state index contributed by atoms with van der Waals surface area (Å²) in [5, 5.41) is 13.3. The van der Waals surface area contributed by atoms with Crippen molar-refractivity contribution in [1.82, 2.24) is 5.32 Å². The zero-order valence-electron chi connectivity index (χ0n) is 11.5. The lowest BCUT2D eigenvalue weighted by atomic mass is 9.77. The minimum atomic E-state index is -0.00509. The Bertz CT molecular complexity index is 776. The highest BCUT2D eigenvalue weighted by molar-refractivity contribution is 5.67. The number of fused-ring (bicyclic) bond motifs is 7. The predicted molar refractivity (Wildman–Crippen MR) is 80.8 cm³/mol. The zero-order chi connectivity index (χ0) is 14.0. The Morgan fingerprint density at radius 1 is 1.00 bits per heavy atom. The molecule has 0 amide bonds. The lowest BCUT2D eigenvalue weighted by Gasteiger charge is -2.47. The number of rotatable bonds is 0. The average molecular weight is 273 g/mol. The van der Waals surface area contributed by atoms with Gasteiger partial charge in [0.2, 0.25) is 0 Å². The van der Waals surface area contributed by atoms with Crippen LogP contribution in [0, 0.1) is 17.2 Å². The van der Waals surface area contributed by atoms with Gasteiger partial charge in [0.15, 0.2) is 0 Å². The summed E-state index contributed by atoms with van der Waals surface area (Å²) in [5.41, 5.74) is 5.37. The molecule has 0 unspecified atom stereocenters. The van der Waals surface area contributed by atoms with Crippen LogP contribution in [0.5, 0.6) is 0 Å². The third-order valence-electron chi connectivity index (χ3n) is 5.21. The Labute approximate surface area is 123 Å². The van der Waals surface area contributed by atoms with E-state index in [0.29, 0.717) is 12.1 Å². The normalized spacial score (nSPS) is 31.3. The number of nitrogens with one attached hydrogen (secondary N) is 1. The van der Waals surface area contributed by atoms with Crippen molar-refractivity contribution in [2.45, 2.75) is 18.1 Å². The van der Waals surface area contributed by atoms with Crippen molar-refractivity contribution in [3.8, 4) is 6.07 Å². The van der Waals surface area contributed by atoms with E-state index >= 15 is 0 Å². The van der Waals surface area contributed by atoms with E-state index in [0.717, 1.165) is 6.54 Å². The maximum atomic E-state index is 9.59. The fraction of sp³-hybridized carbons (Fsp3) is 0.278. The first-order chi connectivity index (χ1) is 10.4. The first kappa shape index (κ1) is 11.4. The van der Waals surface area contributed by atoms with Crippen LogP contribution in [0.3, 0.4) is 0 Å². The number of hydrogen-bond acceptors (Lipinski definition) is 3. The van der Waals surface area contributed by atoms with Gasteiger partial charge in [0, 0.05) is 18.2 Å². The number of hydrogen-bond donors (Lipinski definition) is 1. The molecule has 21 heavy (non-hydrogen) atoms. The smallest absolute Gasteiger partial charge is 0.0912 e. The van der Waals surface area contributed by atoms with Crippen LogP contribution in [0.4, 0.5) is 5.69 Å². The quantitative estimate of drug-likeness (QED) is 0.802. The summed E-state index contributed by atoms with van der Waals surface area (Å²) in [6, 6.07) is 19.9. The molecule has 102 valence electrons. The predicted octanol–water partition coefficient (Wildman–Crippen LogP) is 2.76. The summed E-state index contributed by atoms with van der Waals surface area (Å²) < 4.78 is 0. The fourth-order valence-corrected chi connectivity index (χ4v) is 4.36. The largest absolute Gasteiger partial charge is 0.353 e. The van der Waals surface area contributed by atoms with Crippen LogP contribution >= 0.6 is 0 Å². The van der Waals surface area contributed by atoms with E-state index in [9.17, 15) is 5.26 Å². The first-order valence-corrected chi connectivity index (χ1v) is 7.48. The standard InChI is InChI=1S/C18H15N3/c19-9-11-10-21-15-8-4-3-7-14(15)16-12-5-1-2-6-13(12)17(11)20-18(16)21/h1-8,11,16-18,20H,10H2/t11-,16-,17-,18+/m0/s1. The minimum absolute atomic E-state index is 0.00509. The Morgan fingerprint density at radius 3 is 2.52 bits per heavy atom. The second kappa shape index (κ2) is 3.87. The average Bonchev–Trinajstić information content (AvgIpc) is 2.90. The van der Waals surface area contributed by atoms with Crippen LogP contribution in [-0.2, 0) is 0 Å². The lowest BCUT2D eigenvalue weighted by Crippen LogP contribution is -2.58. The highest BCUT2D eigenvalue weighted by Gasteiger charge is 2.50. The first-order valence-electron chi connectivity index (χ1n) is 7.48. The molecule has 5 rings (SSSR count). The van der Waals surface area contributed by atoms with Crippen LogP contribution in [0.2, 0.25) is 0 Å². The molecule has 3 aliphatic rings. The Morgan fingerprint density at radius 2 is 1.71 bits per heavy atom. The van der Waals surface area contributed by atoms with Crippen LogP contribution in [-0.4, -0.2) is 12.7 Å². The SMILES string of the molecule is N#C[C@H]1CN2c3ccccc3[C@@H]3c4ccccc4[C@H]1N[C@@H]32. The number of anilines is 1. The second-order valence-corrected chi connectivity index (χ2v) is 6.14. The molecule has 0 aromatic heterocycles. The van der Waals surface area contributed by atoms with Crippen molar-refractivity contribution in [3.05, 3.63) is 65.2 Å². The number of benzene rings is 2. The molecular formula is C18H15N3. The summed E-state index contributed by atoms with van der Waals surface area (Å²) in [6.45, 7) is 0.820. The van der Waals surface area contributed by atoms with Gasteiger partial charge in [-0.2, -0.15) is 5.26 Å². The van der Waals surface area contributed by atoms with E-state index in [-0.39, 0.29) is 12.0 Å². The molecule has 0 radical (unpaired) electrons. The lowest BCUT2D eigenvalue weighted by molar-refractivity contribution is 0.274. The molecular weight excluding hydrogens is 258 g/mol. The fourth-order valence-electron chi connectivity index (χ4n) is 4.36. The second-order valence-electron chi connectivity index (χ2n) is 6.14. The van der Waals surface area contributed by atoms with Gasteiger partial charge in [0.1, 0.15) is 0 Å². The molecule has 3 aliphatic heterocycles. The Balaban J connectivity index is 1.82. The molecule has 0 saturated carbocycles. The van der Waals surface area contributed by atoms with Gasteiger partial charge in [0.25, 0.3) is 0 Å². The molecule has 1 fully saturated rings. The monoisotopic (exact) mass is 273 g/mol. The molecule has 4 atom stereocenters. The topological polar surface area (TPSA) is 39.1 Å².